The zero-order valence-electron chi connectivity index (χ0n) is 6.18. The molecule has 0 aliphatic carbocycles. The minimum atomic E-state index is -1.18. The van der Waals surface area contributed by atoms with E-state index in [9.17, 15) is 4.79 Å². The molecular formula is C6H6N2O3S. The number of carboxylic acid groups (broad SMARTS) is 1. The number of aromatic nitrogens is 2. The molecule has 0 fully saturated rings. The van der Waals surface area contributed by atoms with Gasteiger partial charge < -0.3 is 10.2 Å². The normalized spacial score (nSPS) is 9.75. The lowest BCUT2D eigenvalue weighted by molar-refractivity contribution is 0.0688. The van der Waals surface area contributed by atoms with Crippen LogP contribution in [0.4, 0.5) is 0 Å². The van der Waals surface area contributed by atoms with Gasteiger partial charge in [-0.05, 0) is 6.26 Å². The van der Waals surface area contributed by atoms with Gasteiger partial charge in [0.15, 0.2) is 10.9 Å². The average Bonchev–Trinajstić information content (AvgIpc) is 2.03. The summed E-state index contributed by atoms with van der Waals surface area (Å²) in [4.78, 5) is 17.6. The van der Waals surface area contributed by atoms with Crippen molar-refractivity contribution in [1.82, 2.24) is 9.97 Å². The smallest absolute Gasteiger partial charge is 0.354 e. The van der Waals surface area contributed by atoms with Crippen LogP contribution in [-0.4, -0.2) is 32.4 Å². The van der Waals surface area contributed by atoms with E-state index in [-0.39, 0.29) is 16.7 Å². The van der Waals surface area contributed by atoms with Gasteiger partial charge in [-0.15, -0.1) is 0 Å². The van der Waals surface area contributed by atoms with E-state index in [2.05, 4.69) is 9.97 Å². The molecule has 1 heterocycles. The summed E-state index contributed by atoms with van der Waals surface area (Å²) in [5.74, 6) is -1.50. The van der Waals surface area contributed by atoms with E-state index in [1.165, 1.54) is 11.8 Å². The molecule has 1 rings (SSSR count). The Kier molecular flexibility index (Phi) is 2.49. The number of hydrogen-bond donors (Lipinski definition) is 2. The lowest BCUT2D eigenvalue weighted by atomic mass is 10.4. The number of carboxylic acids is 1. The molecule has 2 N–H and O–H groups in total. The molecule has 6 heteroatoms. The molecule has 0 unspecified atom stereocenters. The number of carbonyl (C=O) groups is 1. The maximum Gasteiger partial charge on any atom is 0.354 e. The third kappa shape index (κ3) is 1.85. The number of hydrogen-bond acceptors (Lipinski definition) is 5. The molecule has 0 saturated heterocycles. The summed E-state index contributed by atoms with van der Waals surface area (Å²) in [6, 6.07) is 1.00. The Balaban J connectivity index is 3.15. The van der Waals surface area contributed by atoms with Crippen LogP contribution in [0.25, 0.3) is 0 Å². The molecule has 1 aromatic heterocycles. The first-order chi connectivity index (χ1) is 5.63. The Hall–Kier alpha value is -1.30. The second-order valence-electron chi connectivity index (χ2n) is 1.90. The van der Waals surface area contributed by atoms with Crippen molar-refractivity contribution in [3.8, 4) is 5.88 Å². The van der Waals surface area contributed by atoms with Crippen LogP contribution in [0, 0.1) is 0 Å². The molecule has 0 radical (unpaired) electrons. The van der Waals surface area contributed by atoms with Crippen LogP contribution in [0.15, 0.2) is 11.2 Å². The number of aromatic hydroxyl groups is 1. The van der Waals surface area contributed by atoms with Crippen LogP contribution in [0.1, 0.15) is 10.5 Å². The van der Waals surface area contributed by atoms with E-state index < -0.39 is 5.97 Å². The van der Waals surface area contributed by atoms with E-state index in [4.69, 9.17) is 10.2 Å². The average molecular weight is 186 g/mol. The molecular weight excluding hydrogens is 180 g/mol. The van der Waals surface area contributed by atoms with Crippen LogP contribution in [-0.2, 0) is 0 Å². The lowest BCUT2D eigenvalue weighted by Crippen LogP contribution is -2.01. The zero-order valence-corrected chi connectivity index (χ0v) is 7.00. The zero-order chi connectivity index (χ0) is 9.14. The van der Waals surface area contributed by atoms with Gasteiger partial charge in [-0.2, -0.15) is 4.98 Å². The Morgan fingerprint density at radius 2 is 2.25 bits per heavy atom. The predicted octanol–water partition coefficient (Wildman–Crippen LogP) is 0.602. The van der Waals surface area contributed by atoms with Gasteiger partial charge in [-0.1, -0.05) is 11.8 Å². The predicted molar refractivity (Wildman–Crippen MR) is 42.4 cm³/mol. The van der Waals surface area contributed by atoms with E-state index in [0.29, 0.717) is 0 Å². The van der Waals surface area contributed by atoms with Gasteiger partial charge in [0.2, 0.25) is 5.88 Å². The third-order valence-corrected chi connectivity index (χ3v) is 1.64. The Morgan fingerprint density at radius 1 is 1.58 bits per heavy atom. The summed E-state index contributed by atoms with van der Waals surface area (Å²) >= 11 is 1.17. The van der Waals surface area contributed by atoms with Crippen LogP contribution in [0.2, 0.25) is 0 Å². The number of nitrogens with zero attached hydrogens (tertiary/aromatic N) is 2. The molecule has 0 spiro atoms. The molecule has 5 nitrogen and oxygen atoms in total. The monoisotopic (exact) mass is 186 g/mol. The van der Waals surface area contributed by atoms with E-state index in [1.807, 2.05) is 0 Å². The molecule has 12 heavy (non-hydrogen) atoms. The van der Waals surface area contributed by atoms with Crippen molar-refractivity contribution in [3.05, 3.63) is 11.8 Å². The van der Waals surface area contributed by atoms with Gasteiger partial charge in [0.1, 0.15) is 0 Å². The van der Waals surface area contributed by atoms with Crippen molar-refractivity contribution in [2.24, 2.45) is 0 Å². The van der Waals surface area contributed by atoms with Crippen molar-refractivity contribution >= 4 is 17.7 Å². The molecule has 0 aliphatic rings. The maximum absolute atomic E-state index is 10.4. The quantitative estimate of drug-likeness (QED) is 0.520. The molecule has 0 bridgehead atoms. The van der Waals surface area contributed by atoms with Gasteiger partial charge in [0.05, 0.1) is 0 Å². The van der Waals surface area contributed by atoms with Gasteiger partial charge in [-0.3, -0.25) is 0 Å². The fourth-order valence-electron chi connectivity index (χ4n) is 0.614. The SMILES string of the molecule is CSc1nc(O)cc(C(=O)O)n1. The molecule has 0 aliphatic heterocycles. The number of rotatable bonds is 2. The highest BCUT2D eigenvalue weighted by molar-refractivity contribution is 7.98. The van der Waals surface area contributed by atoms with E-state index >= 15 is 0 Å². The minimum Gasteiger partial charge on any atom is -0.493 e. The van der Waals surface area contributed by atoms with Gasteiger partial charge in [0, 0.05) is 6.07 Å². The first-order valence-electron chi connectivity index (χ1n) is 2.99. The van der Waals surface area contributed by atoms with E-state index in [1.54, 1.807) is 6.26 Å². The van der Waals surface area contributed by atoms with Crippen LogP contribution >= 0.6 is 11.8 Å². The highest BCUT2D eigenvalue weighted by atomic mass is 32.2. The van der Waals surface area contributed by atoms with Gasteiger partial charge in [-0.25, -0.2) is 9.78 Å². The Morgan fingerprint density at radius 3 is 2.75 bits per heavy atom. The Bertz CT molecular complexity index is 316. The van der Waals surface area contributed by atoms with Crippen molar-refractivity contribution in [2.75, 3.05) is 6.26 Å². The highest BCUT2D eigenvalue weighted by Crippen LogP contribution is 2.14. The summed E-state index contributed by atoms with van der Waals surface area (Å²) in [5, 5.41) is 17.7. The first kappa shape index (κ1) is 8.79. The second kappa shape index (κ2) is 3.40. The van der Waals surface area contributed by atoms with Crippen molar-refractivity contribution < 1.29 is 15.0 Å². The van der Waals surface area contributed by atoms with Crippen LogP contribution in [0.5, 0.6) is 5.88 Å². The fourth-order valence-corrected chi connectivity index (χ4v) is 0.988. The molecule has 0 aromatic carbocycles. The molecule has 0 saturated carbocycles. The third-order valence-electron chi connectivity index (χ3n) is 1.09. The highest BCUT2D eigenvalue weighted by Gasteiger charge is 2.08. The fraction of sp³-hybridized carbons (Fsp3) is 0.167. The Labute approximate surface area is 72.5 Å². The van der Waals surface area contributed by atoms with E-state index in [0.717, 1.165) is 6.07 Å². The minimum absolute atomic E-state index is 0.202. The van der Waals surface area contributed by atoms with Gasteiger partial charge in [0.25, 0.3) is 0 Å². The van der Waals surface area contributed by atoms with Gasteiger partial charge >= 0.3 is 5.97 Å². The summed E-state index contributed by atoms with van der Waals surface area (Å²) in [7, 11) is 0. The summed E-state index contributed by atoms with van der Waals surface area (Å²) in [5.41, 5.74) is -0.202. The van der Waals surface area contributed by atoms with Crippen molar-refractivity contribution in [2.45, 2.75) is 5.16 Å². The molecule has 1 aromatic rings. The summed E-state index contributed by atoms with van der Waals surface area (Å²) < 4.78 is 0. The largest absolute Gasteiger partial charge is 0.493 e. The summed E-state index contributed by atoms with van der Waals surface area (Å²) in [6.07, 6.45) is 1.69. The van der Waals surface area contributed by atoms with Crippen LogP contribution in [0.3, 0.4) is 0 Å². The number of aromatic carboxylic acids is 1. The molecule has 64 valence electrons. The van der Waals surface area contributed by atoms with Crippen molar-refractivity contribution in [3.63, 3.8) is 0 Å². The summed E-state index contributed by atoms with van der Waals surface area (Å²) in [6.45, 7) is 0. The second-order valence-corrected chi connectivity index (χ2v) is 2.68. The lowest BCUT2D eigenvalue weighted by Gasteiger charge is -1.97. The molecule has 0 amide bonds. The topological polar surface area (TPSA) is 83.3 Å². The maximum atomic E-state index is 10.4. The molecule has 0 atom stereocenters. The van der Waals surface area contributed by atoms with Crippen LogP contribution < -0.4 is 0 Å². The number of thioether (sulfide) groups is 1. The standard InChI is InChI=1S/C6H6N2O3S/c1-12-6-7-3(5(10)11)2-4(9)8-6/h2H,1H3,(H,10,11)(H,7,8,9). The van der Waals surface area contributed by atoms with Crippen molar-refractivity contribution in [1.29, 1.82) is 0 Å². The first-order valence-corrected chi connectivity index (χ1v) is 4.21.